The summed E-state index contributed by atoms with van der Waals surface area (Å²) in [5.74, 6) is 0.820. The Kier molecular flexibility index (Phi) is 5.83. The second kappa shape index (κ2) is 6.65. The molecule has 14 heavy (non-hydrogen) atoms. The van der Waals surface area contributed by atoms with E-state index in [9.17, 15) is 0 Å². The Labute approximate surface area is 93.2 Å². The average molecular weight is 219 g/mol. The van der Waals surface area contributed by atoms with E-state index in [-0.39, 0.29) is 0 Å². The van der Waals surface area contributed by atoms with E-state index in [4.69, 9.17) is 11.6 Å². The molecule has 1 atom stereocenters. The highest BCUT2D eigenvalue weighted by molar-refractivity contribution is 6.17. The molecule has 0 aliphatic carbocycles. The van der Waals surface area contributed by atoms with Crippen LogP contribution < -0.4 is 0 Å². The van der Waals surface area contributed by atoms with Crippen molar-refractivity contribution in [1.82, 2.24) is 9.80 Å². The Bertz CT molecular complexity index is 150. The number of nitrogens with zero attached hydrogens (tertiary/aromatic N) is 2. The van der Waals surface area contributed by atoms with Gasteiger partial charge in [0.15, 0.2) is 0 Å². The van der Waals surface area contributed by atoms with Gasteiger partial charge in [-0.15, -0.1) is 11.6 Å². The lowest BCUT2D eigenvalue weighted by molar-refractivity contribution is 0.266. The van der Waals surface area contributed by atoms with Gasteiger partial charge in [0.1, 0.15) is 0 Å². The van der Waals surface area contributed by atoms with E-state index in [1.807, 2.05) is 0 Å². The van der Waals surface area contributed by atoms with Crippen LogP contribution >= 0.6 is 11.6 Å². The van der Waals surface area contributed by atoms with E-state index in [2.05, 4.69) is 23.9 Å². The minimum atomic E-state index is 0.781. The standard InChI is InChI=1S/C11H23ClN2/c1-13(2)11-6-9-14(10-11)8-5-3-4-7-12/h11H,3-10H2,1-2H3. The Morgan fingerprint density at radius 1 is 1.29 bits per heavy atom. The van der Waals surface area contributed by atoms with Crippen molar-refractivity contribution in [3.8, 4) is 0 Å². The number of unbranched alkanes of at least 4 members (excludes halogenated alkanes) is 2. The van der Waals surface area contributed by atoms with Crippen molar-refractivity contribution in [2.75, 3.05) is 39.6 Å². The molecule has 1 unspecified atom stereocenters. The van der Waals surface area contributed by atoms with Crippen LogP contribution in [0.15, 0.2) is 0 Å². The molecule has 0 aromatic heterocycles. The molecule has 1 aliphatic rings. The molecule has 0 radical (unpaired) electrons. The number of likely N-dealkylation sites (N-methyl/N-ethyl adjacent to an activating group) is 1. The summed E-state index contributed by atoms with van der Waals surface area (Å²) in [7, 11) is 4.36. The van der Waals surface area contributed by atoms with Gasteiger partial charge in [-0.3, -0.25) is 0 Å². The van der Waals surface area contributed by atoms with Gasteiger partial charge in [-0.25, -0.2) is 0 Å². The first kappa shape index (κ1) is 12.3. The molecule has 1 heterocycles. The largest absolute Gasteiger partial charge is 0.305 e. The summed E-state index contributed by atoms with van der Waals surface area (Å²) < 4.78 is 0. The van der Waals surface area contributed by atoms with E-state index in [1.54, 1.807) is 0 Å². The molecule has 84 valence electrons. The Morgan fingerprint density at radius 3 is 2.64 bits per heavy atom. The van der Waals surface area contributed by atoms with E-state index < -0.39 is 0 Å². The summed E-state index contributed by atoms with van der Waals surface area (Å²) in [4.78, 5) is 4.93. The second-order valence-electron chi connectivity index (χ2n) is 4.46. The third-order valence-electron chi connectivity index (χ3n) is 3.09. The van der Waals surface area contributed by atoms with Crippen molar-refractivity contribution in [3.63, 3.8) is 0 Å². The molecule has 3 heteroatoms. The van der Waals surface area contributed by atoms with Crippen LogP contribution in [0.3, 0.4) is 0 Å². The van der Waals surface area contributed by atoms with Crippen LogP contribution in [-0.4, -0.2) is 55.5 Å². The number of alkyl halides is 1. The minimum absolute atomic E-state index is 0.781. The fraction of sp³-hybridized carbons (Fsp3) is 1.00. The highest BCUT2D eigenvalue weighted by Gasteiger charge is 2.22. The molecule has 0 saturated carbocycles. The molecule has 0 spiro atoms. The topological polar surface area (TPSA) is 6.48 Å². The maximum absolute atomic E-state index is 5.64. The van der Waals surface area contributed by atoms with Gasteiger partial charge >= 0.3 is 0 Å². The SMILES string of the molecule is CN(C)C1CCN(CCCCCCl)C1. The number of likely N-dealkylation sites (tertiary alicyclic amines) is 1. The van der Waals surface area contributed by atoms with E-state index >= 15 is 0 Å². The zero-order valence-electron chi connectivity index (χ0n) is 9.51. The lowest BCUT2D eigenvalue weighted by Gasteiger charge is -2.20. The first-order valence-electron chi connectivity index (χ1n) is 5.69. The van der Waals surface area contributed by atoms with Gasteiger partial charge in [0.25, 0.3) is 0 Å². The monoisotopic (exact) mass is 218 g/mol. The first-order chi connectivity index (χ1) is 6.74. The lowest BCUT2D eigenvalue weighted by atomic mass is 10.2. The predicted octanol–water partition coefficient (Wildman–Crippen LogP) is 2.03. The fourth-order valence-electron chi connectivity index (χ4n) is 2.04. The van der Waals surface area contributed by atoms with Gasteiger partial charge in [0, 0.05) is 18.5 Å². The minimum Gasteiger partial charge on any atom is -0.305 e. The van der Waals surface area contributed by atoms with Gasteiger partial charge in [0.2, 0.25) is 0 Å². The highest BCUT2D eigenvalue weighted by atomic mass is 35.5. The molecular weight excluding hydrogens is 196 g/mol. The molecule has 0 N–H and O–H groups in total. The summed E-state index contributed by atoms with van der Waals surface area (Å²) in [6.45, 7) is 3.80. The predicted molar refractivity (Wildman–Crippen MR) is 63.1 cm³/mol. The van der Waals surface area contributed by atoms with Gasteiger partial charge in [-0.1, -0.05) is 6.42 Å². The van der Waals surface area contributed by atoms with Crippen LogP contribution in [-0.2, 0) is 0 Å². The quantitative estimate of drug-likeness (QED) is 0.497. The van der Waals surface area contributed by atoms with Crippen LogP contribution in [0.1, 0.15) is 25.7 Å². The van der Waals surface area contributed by atoms with Gasteiger partial charge in [0.05, 0.1) is 0 Å². The van der Waals surface area contributed by atoms with Crippen LogP contribution in [0.5, 0.6) is 0 Å². The van der Waals surface area contributed by atoms with Crippen molar-refractivity contribution in [2.24, 2.45) is 0 Å². The molecule has 0 aromatic rings. The van der Waals surface area contributed by atoms with Crippen LogP contribution in [0.4, 0.5) is 0 Å². The van der Waals surface area contributed by atoms with Gasteiger partial charge in [-0.05, 0) is 46.4 Å². The smallest absolute Gasteiger partial charge is 0.0229 e. The molecule has 0 amide bonds. The van der Waals surface area contributed by atoms with Gasteiger partial charge in [-0.2, -0.15) is 0 Å². The maximum Gasteiger partial charge on any atom is 0.0229 e. The zero-order valence-corrected chi connectivity index (χ0v) is 10.3. The Morgan fingerprint density at radius 2 is 2.07 bits per heavy atom. The van der Waals surface area contributed by atoms with Crippen LogP contribution in [0, 0.1) is 0 Å². The second-order valence-corrected chi connectivity index (χ2v) is 4.83. The Balaban J connectivity index is 2.04. The molecule has 1 aliphatic heterocycles. The van der Waals surface area contributed by atoms with Crippen molar-refractivity contribution >= 4 is 11.6 Å². The third-order valence-corrected chi connectivity index (χ3v) is 3.35. The molecule has 0 bridgehead atoms. The van der Waals surface area contributed by atoms with E-state index in [0.717, 1.165) is 11.9 Å². The lowest BCUT2D eigenvalue weighted by Crippen LogP contribution is -2.31. The fourth-order valence-corrected chi connectivity index (χ4v) is 2.23. The molecule has 2 nitrogen and oxygen atoms in total. The van der Waals surface area contributed by atoms with E-state index in [0.29, 0.717) is 0 Å². The first-order valence-corrected chi connectivity index (χ1v) is 6.22. The number of hydrogen-bond acceptors (Lipinski definition) is 2. The normalized spacial score (nSPS) is 23.6. The van der Waals surface area contributed by atoms with E-state index in [1.165, 1.54) is 45.3 Å². The summed E-state index contributed by atoms with van der Waals surface area (Å²) in [6, 6.07) is 0.781. The van der Waals surface area contributed by atoms with Crippen molar-refractivity contribution in [3.05, 3.63) is 0 Å². The third kappa shape index (κ3) is 4.16. The average Bonchev–Trinajstić information content (AvgIpc) is 2.61. The van der Waals surface area contributed by atoms with Crippen molar-refractivity contribution < 1.29 is 0 Å². The highest BCUT2D eigenvalue weighted by Crippen LogP contribution is 2.13. The number of halogens is 1. The summed E-state index contributed by atoms with van der Waals surface area (Å²) >= 11 is 5.64. The summed E-state index contributed by atoms with van der Waals surface area (Å²) in [5.41, 5.74) is 0. The summed E-state index contributed by atoms with van der Waals surface area (Å²) in [5, 5.41) is 0. The van der Waals surface area contributed by atoms with Crippen LogP contribution in [0.25, 0.3) is 0 Å². The zero-order chi connectivity index (χ0) is 10.4. The number of rotatable bonds is 6. The maximum atomic E-state index is 5.64. The van der Waals surface area contributed by atoms with Gasteiger partial charge < -0.3 is 9.80 Å². The number of hydrogen-bond donors (Lipinski definition) is 0. The molecule has 1 fully saturated rings. The molecule has 1 saturated heterocycles. The van der Waals surface area contributed by atoms with Crippen molar-refractivity contribution in [2.45, 2.75) is 31.7 Å². The molecule has 0 aromatic carbocycles. The molecular formula is C11H23ClN2. The summed E-state index contributed by atoms with van der Waals surface area (Å²) in [6.07, 6.45) is 5.11. The van der Waals surface area contributed by atoms with Crippen LogP contribution in [0.2, 0.25) is 0 Å². The van der Waals surface area contributed by atoms with Crippen molar-refractivity contribution in [1.29, 1.82) is 0 Å². The Hall–Kier alpha value is 0.210. The molecule has 1 rings (SSSR count).